The molecule has 1 unspecified atom stereocenters. The van der Waals surface area contributed by atoms with Gasteiger partial charge >= 0.3 is 6.09 Å². The lowest BCUT2D eigenvalue weighted by atomic mass is 10.1. The van der Waals surface area contributed by atoms with Crippen molar-refractivity contribution in [1.29, 1.82) is 0 Å². The fraction of sp³-hybridized carbons (Fsp3) is 0.583. The first-order chi connectivity index (χ1) is 7.88. The molecule has 1 amide bonds. The van der Waals surface area contributed by atoms with Crippen LogP contribution in [0, 0.1) is 0 Å². The van der Waals surface area contributed by atoms with Gasteiger partial charge in [0, 0.05) is 12.6 Å². The Bertz CT molecular complexity index is 344. The van der Waals surface area contributed by atoms with E-state index in [-0.39, 0.29) is 6.04 Å². The molecule has 0 saturated heterocycles. The van der Waals surface area contributed by atoms with Crippen LogP contribution in [-0.4, -0.2) is 18.2 Å². The maximum absolute atomic E-state index is 11.4. The number of rotatable bonds is 4. The molecule has 0 radical (unpaired) electrons. The smallest absolute Gasteiger partial charge is 0.407 e. The van der Waals surface area contributed by atoms with Crippen LogP contribution < -0.4 is 11.1 Å². The average molecular weight is 256 g/mol. The van der Waals surface area contributed by atoms with Crippen LogP contribution in [0.4, 0.5) is 4.79 Å². The Kier molecular flexibility index (Phi) is 4.96. The molecule has 1 rings (SSSR count). The lowest BCUT2D eigenvalue weighted by molar-refractivity contribution is 0.0526. The number of amides is 1. The van der Waals surface area contributed by atoms with Crippen LogP contribution >= 0.6 is 11.3 Å². The molecule has 4 nitrogen and oxygen atoms in total. The maximum Gasteiger partial charge on any atom is 0.407 e. The summed E-state index contributed by atoms with van der Waals surface area (Å²) >= 11 is 1.62. The molecular formula is C12H20N2O2S. The zero-order chi connectivity index (χ0) is 12.9. The third-order valence-electron chi connectivity index (χ3n) is 2.09. The van der Waals surface area contributed by atoms with E-state index >= 15 is 0 Å². The summed E-state index contributed by atoms with van der Waals surface area (Å²) in [6, 6.07) is 1.97. The number of nitrogens with one attached hydrogen (secondary N) is 1. The van der Waals surface area contributed by atoms with Crippen molar-refractivity contribution in [1.82, 2.24) is 5.32 Å². The molecule has 0 aliphatic carbocycles. The van der Waals surface area contributed by atoms with Crippen molar-refractivity contribution in [2.24, 2.45) is 5.73 Å². The molecule has 0 spiro atoms. The fourth-order valence-electron chi connectivity index (χ4n) is 1.30. The molecule has 1 heterocycles. The van der Waals surface area contributed by atoms with Gasteiger partial charge < -0.3 is 15.8 Å². The highest BCUT2D eigenvalue weighted by Gasteiger charge is 2.16. The minimum atomic E-state index is -0.459. The Hall–Kier alpha value is -1.07. The van der Waals surface area contributed by atoms with E-state index in [9.17, 15) is 4.79 Å². The van der Waals surface area contributed by atoms with E-state index < -0.39 is 11.7 Å². The summed E-state index contributed by atoms with van der Waals surface area (Å²) in [5.74, 6) is 0. The first-order valence-electron chi connectivity index (χ1n) is 5.63. The van der Waals surface area contributed by atoms with Gasteiger partial charge in [0.15, 0.2) is 0 Å². The van der Waals surface area contributed by atoms with Crippen LogP contribution in [0.1, 0.15) is 38.8 Å². The number of ether oxygens (including phenoxy) is 1. The topological polar surface area (TPSA) is 64.3 Å². The van der Waals surface area contributed by atoms with Gasteiger partial charge in [-0.1, -0.05) is 0 Å². The first-order valence-corrected chi connectivity index (χ1v) is 6.57. The van der Waals surface area contributed by atoms with E-state index in [1.54, 1.807) is 11.3 Å². The van der Waals surface area contributed by atoms with Crippen LogP contribution in [0.3, 0.4) is 0 Å². The van der Waals surface area contributed by atoms with Crippen LogP contribution in [0.5, 0.6) is 0 Å². The van der Waals surface area contributed by atoms with E-state index in [0.29, 0.717) is 13.0 Å². The van der Waals surface area contributed by atoms with Gasteiger partial charge in [0.05, 0.1) is 0 Å². The first kappa shape index (κ1) is 14.0. The van der Waals surface area contributed by atoms with Crippen molar-refractivity contribution in [2.45, 2.75) is 38.8 Å². The predicted molar refractivity (Wildman–Crippen MR) is 70.1 cm³/mol. The van der Waals surface area contributed by atoms with Gasteiger partial charge in [0.1, 0.15) is 5.60 Å². The number of carbonyl (C=O) groups is 1. The number of thiophene rings is 1. The summed E-state index contributed by atoms with van der Waals surface area (Å²) in [5, 5.41) is 6.72. The summed E-state index contributed by atoms with van der Waals surface area (Å²) in [5.41, 5.74) is 6.62. The Labute approximate surface area is 106 Å². The molecule has 0 bridgehead atoms. The fourth-order valence-corrected chi connectivity index (χ4v) is 2.02. The Morgan fingerprint density at radius 3 is 2.82 bits per heavy atom. The molecule has 1 aromatic heterocycles. The van der Waals surface area contributed by atoms with Crippen molar-refractivity contribution in [3.8, 4) is 0 Å². The summed E-state index contributed by atoms with van der Waals surface area (Å²) in [6.07, 6.45) is 0.311. The van der Waals surface area contributed by atoms with E-state index in [1.807, 2.05) is 37.6 Å². The van der Waals surface area contributed by atoms with Crippen LogP contribution in [0.25, 0.3) is 0 Å². The van der Waals surface area contributed by atoms with Gasteiger partial charge in [-0.3, -0.25) is 0 Å². The Balaban J connectivity index is 2.22. The third kappa shape index (κ3) is 5.70. The zero-order valence-electron chi connectivity index (χ0n) is 10.5. The van der Waals surface area contributed by atoms with Crippen molar-refractivity contribution in [2.75, 3.05) is 6.54 Å². The summed E-state index contributed by atoms with van der Waals surface area (Å²) in [4.78, 5) is 11.4. The molecule has 0 aromatic carbocycles. The van der Waals surface area contributed by atoms with Crippen molar-refractivity contribution >= 4 is 17.4 Å². The van der Waals surface area contributed by atoms with Gasteiger partial charge in [-0.15, -0.1) is 0 Å². The summed E-state index contributed by atoms with van der Waals surface area (Å²) in [7, 11) is 0. The van der Waals surface area contributed by atoms with E-state index in [4.69, 9.17) is 10.5 Å². The summed E-state index contributed by atoms with van der Waals surface area (Å²) in [6.45, 7) is 6.03. The van der Waals surface area contributed by atoms with Gasteiger partial charge in [-0.2, -0.15) is 11.3 Å². The molecule has 5 heteroatoms. The number of alkyl carbamates (subject to hydrolysis) is 1. The van der Waals surface area contributed by atoms with Gasteiger partial charge in [0.2, 0.25) is 0 Å². The summed E-state index contributed by atoms with van der Waals surface area (Å²) < 4.78 is 5.12. The molecule has 1 aromatic rings. The van der Waals surface area contributed by atoms with Gasteiger partial charge in [-0.05, 0) is 49.6 Å². The van der Waals surface area contributed by atoms with E-state index in [0.717, 1.165) is 5.56 Å². The van der Waals surface area contributed by atoms with Crippen molar-refractivity contribution in [3.63, 3.8) is 0 Å². The third-order valence-corrected chi connectivity index (χ3v) is 2.80. The average Bonchev–Trinajstić information content (AvgIpc) is 2.66. The molecule has 96 valence electrons. The second-order valence-corrected chi connectivity index (χ2v) is 5.66. The highest BCUT2D eigenvalue weighted by Crippen LogP contribution is 2.16. The Morgan fingerprint density at radius 2 is 2.29 bits per heavy atom. The molecular weight excluding hydrogens is 236 g/mol. The number of hydrogen-bond donors (Lipinski definition) is 2. The van der Waals surface area contributed by atoms with Gasteiger partial charge in [-0.25, -0.2) is 4.79 Å². The predicted octanol–water partition coefficient (Wildman–Crippen LogP) is 2.66. The van der Waals surface area contributed by atoms with E-state index in [2.05, 4.69) is 5.32 Å². The normalized spacial score (nSPS) is 13.2. The highest BCUT2D eigenvalue weighted by atomic mass is 32.1. The van der Waals surface area contributed by atoms with Crippen molar-refractivity contribution < 1.29 is 9.53 Å². The molecule has 1 atom stereocenters. The number of nitrogens with two attached hydrogens (primary N) is 1. The standard InChI is InChI=1S/C12H20N2O2S/c1-12(2,3)16-11(15)14-6-4-10(13)9-5-7-17-8-9/h5,7-8,10H,4,6,13H2,1-3H3,(H,14,15). The maximum atomic E-state index is 11.4. The monoisotopic (exact) mass is 256 g/mol. The molecule has 0 aliphatic heterocycles. The molecule has 0 saturated carbocycles. The second kappa shape index (κ2) is 6.02. The van der Waals surface area contributed by atoms with E-state index in [1.165, 1.54) is 0 Å². The lowest BCUT2D eigenvalue weighted by Crippen LogP contribution is -2.33. The number of carbonyl (C=O) groups excluding carboxylic acids is 1. The molecule has 17 heavy (non-hydrogen) atoms. The molecule has 0 aliphatic rings. The minimum absolute atomic E-state index is 0.0313. The van der Waals surface area contributed by atoms with Crippen LogP contribution in [0.2, 0.25) is 0 Å². The zero-order valence-corrected chi connectivity index (χ0v) is 11.3. The SMILES string of the molecule is CC(C)(C)OC(=O)NCCC(N)c1ccsc1. The molecule has 3 N–H and O–H groups in total. The largest absolute Gasteiger partial charge is 0.444 e. The quantitative estimate of drug-likeness (QED) is 0.870. The molecule has 0 fully saturated rings. The van der Waals surface area contributed by atoms with Crippen molar-refractivity contribution in [3.05, 3.63) is 22.4 Å². The lowest BCUT2D eigenvalue weighted by Gasteiger charge is -2.20. The number of hydrogen-bond acceptors (Lipinski definition) is 4. The van der Waals surface area contributed by atoms with Crippen LogP contribution in [-0.2, 0) is 4.74 Å². The second-order valence-electron chi connectivity index (χ2n) is 4.88. The van der Waals surface area contributed by atoms with Gasteiger partial charge in [0.25, 0.3) is 0 Å². The van der Waals surface area contributed by atoms with Crippen LogP contribution in [0.15, 0.2) is 16.8 Å². The minimum Gasteiger partial charge on any atom is -0.444 e. The Morgan fingerprint density at radius 1 is 1.59 bits per heavy atom. The highest BCUT2D eigenvalue weighted by molar-refractivity contribution is 7.07.